The van der Waals surface area contributed by atoms with Gasteiger partial charge in [0.1, 0.15) is 5.60 Å². The van der Waals surface area contributed by atoms with Crippen LogP contribution in [-0.2, 0) is 30.2 Å². The van der Waals surface area contributed by atoms with Crippen molar-refractivity contribution in [3.8, 4) is 11.1 Å². The highest BCUT2D eigenvalue weighted by atomic mass is 16.6. The lowest BCUT2D eigenvalue weighted by Crippen LogP contribution is -2.41. The minimum absolute atomic E-state index is 0.123. The Morgan fingerprint density at radius 2 is 1.41 bits per heavy atom. The molecule has 0 fully saturated rings. The zero-order valence-electron chi connectivity index (χ0n) is 23.3. The maximum Gasteiger partial charge on any atom is 0.407 e. The molecule has 37 heavy (non-hydrogen) atoms. The Labute approximate surface area is 221 Å². The van der Waals surface area contributed by atoms with Crippen molar-refractivity contribution in [1.82, 2.24) is 5.32 Å². The fraction of sp³-hybridized carbons (Fsp3) is 0.500. The van der Waals surface area contributed by atoms with E-state index in [1.54, 1.807) is 20.8 Å². The predicted octanol–water partition coefficient (Wildman–Crippen LogP) is 6.34. The van der Waals surface area contributed by atoms with Gasteiger partial charge in [-0.1, -0.05) is 68.4 Å². The third-order valence-electron chi connectivity index (χ3n) is 5.19. The smallest absolute Gasteiger partial charge is 0.407 e. The highest BCUT2D eigenvalue weighted by molar-refractivity contribution is 5.72. The van der Waals surface area contributed by atoms with Crippen LogP contribution in [0.15, 0.2) is 54.6 Å². The standard InChI is InChI=1S/C25H33NO4.C5H10O2/c1-6-29-23(27)18(2)16-22(26-24(28)30-25(3,4)5)17-19-12-14-21(15-13-19)20-10-8-7-9-11-20;1-3-5(6)7-4-2/h7-15,18,22H,6,16-17H2,1-5H3,(H,26,28);3-4H2,1-2H3/t18-,22-;/m0./s1. The van der Waals surface area contributed by atoms with Gasteiger partial charge in [-0.2, -0.15) is 0 Å². The molecule has 2 atom stereocenters. The van der Waals surface area contributed by atoms with E-state index in [1.165, 1.54) is 0 Å². The van der Waals surface area contributed by atoms with Crippen molar-refractivity contribution in [2.24, 2.45) is 5.92 Å². The summed E-state index contributed by atoms with van der Waals surface area (Å²) < 4.78 is 15.1. The highest BCUT2D eigenvalue weighted by Crippen LogP contribution is 2.21. The van der Waals surface area contributed by atoms with Gasteiger partial charge in [0.05, 0.1) is 19.1 Å². The normalized spacial score (nSPS) is 12.3. The molecule has 0 aliphatic carbocycles. The summed E-state index contributed by atoms with van der Waals surface area (Å²) in [6.07, 6.45) is 1.06. The van der Waals surface area contributed by atoms with Gasteiger partial charge in [0, 0.05) is 12.5 Å². The molecule has 0 heterocycles. The maximum absolute atomic E-state index is 12.3. The minimum Gasteiger partial charge on any atom is -0.466 e. The molecule has 0 unspecified atom stereocenters. The summed E-state index contributed by atoms with van der Waals surface area (Å²) in [5.41, 5.74) is 2.78. The average Bonchev–Trinajstić information content (AvgIpc) is 2.84. The van der Waals surface area contributed by atoms with Gasteiger partial charge in [-0.05, 0) is 64.2 Å². The van der Waals surface area contributed by atoms with E-state index in [-0.39, 0.29) is 23.9 Å². The van der Waals surface area contributed by atoms with Crippen molar-refractivity contribution in [2.45, 2.75) is 79.4 Å². The molecule has 2 aromatic carbocycles. The second kappa shape index (κ2) is 16.4. The molecule has 7 nitrogen and oxygen atoms in total. The van der Waals surface area contributed by atoms with Gasteiger partial charge in [0.2, 0.25) is 0 Å². The monoisotopic (exact) mass is 513 g/mol. The molecule has 1 amide bonds. The first kappa shape index (κ1) is 31.7. The Morgan fingerprint density at radius 1 is 0.838 bits per heavy atom. The fourth-order valence-electron chi connectivity index (χ4n) is 3.49. The molecule has 0 aliphatic rings. The third-order valence-corrected chi connectivity index (χ3v) is 5.19. The molecule has 2 rings (SSSR count). The van der Waals surface area contributed by atoms with E-state index >= 15 is 0 Å². The van der Waals surface area contributed by atoms with Gasteiger partial charge in [-0.15, -0.1) is 0 Å². The number of ether oxygens (including phenoxy) is 3. The molecule has 0 saturated carbocycles. The summed E-state index contributed by atoms with van der Waals surface area (Å²) in [6, 6.07) is 18.2. The summed E-state index contributed by atoms with van der Waals surface area (Å²) >= 11 is 0. The zero-order chi connectivity index (χ0) is 27.8. The Balaban J connectivity index is 0.000000856. The van der Waals surface area contributed by atoms with Crippen molar-refractivity contribution >= 4 is 18.0 Å². The lowest BCUT2D eigenvalue weighted by molar-refractivity contribution is -0.148. The number of hydrogen-bond donors (Lipinski definition) is 1. The minimum atomic E-state index is -0.585. The Kier molecular flexibility index (Phi) is 14.0. The molecule has 0 aliphatic heterocycles. The van der Waals surface area contributed by atoms with E-state index < -0.39 is 11.7 Å². The number of carbonyl (C=O) groups excluding carboxylic acids is 3. The second-order valence-electron chi connectivity index (χ2n) is 9.66. The van der Waals surface area contributed by atoms with Crippen LogP contribution < -0.4 is 5.32 Å². The summed E-state index contributed by atoms with van der Waals surface area (Å²) in [5.74, 6) is -0.705. The van der Waals surface area contributed by atoms with E-state index in [0.29, 0.717) is 32.5 Å². The van der Waals surface area contributed by atoms with Crippen molar-refractivity contribution in [2.75, 3.05) is 13.2 Å². The summed E-state index contributed by atoms with van der Waals surface area (Å²) in [4.78, 5) is 34.6. The summed E-state index contributed by atoms with van der Waals surface area (Å²) in [5, 5.41) is 2.93. The first-order valence-electron chi connectivity index (χ1n) is 12.9. The van der Waals surface area contributed by atoms with Crippen LogP contribution in [0.3, 0.4) is 0 Å². The van der Waals surface area contributed by atoms with Gasteiger partial charge in [-0.3, -0.25) is 9.59 Å². The van der Waals surface area contributed by atoms with Crippen LogP contribution in [0.5, 0.6) is 0 Å². The van der Waals surface area contributed by atoms with Gasteiger partial charge in [0.25, 0.3) is 0 Å². The topological polar surface area (TPSA) is 90.9 Å². The summed E-state index contributed by atoms with van der Waals surface area (Å²) in [7, 11) is 0. The van der Waals surface area contributed by atoms with E-state index in [1.807, 2.05) is 45.9 Å². The summed E-state index contributed by atoms with van der Waals surface area (Å²) in [6.45, 7) is 13.5. The number of alkyl carbamates (subject to hydrolysis) is 1. The lowest BCUT2D eigenvalue weighted by atomic mass is 9.95. The number of amides is 1. The van der Waals surface area contributed by atoms with Crippen LogP contribution in [0.4, 0.5) is 4.79 Å². The van der Waals surface area contributed by atoms with E-state index in [9.17, 15) is 14.4 Å². The number of benzene rings is 2. The molecule has 0 aromatic heterocycles. The van der Waals surface area contributed by atoms with Crippen LogP contribution >= 0.6 is 0 Å². The number of nitrogens with one attached hydrogen (secondary N) is 1. The van der Waals surface area contributed by atoms with Gasteiger partial charge < -0.3 is 19.5 Å². The molecule has 204 valence electrons. The van der Waals surface area contributed by atoms with Crippen LogP contribution in [-0.4, -0.2) is 42.9 Å². The molecular formula is C30H43NO6. The molecule has 0 spiro atoms. The number of carbonyl (C=O) groups is 3. The predicted molar refractivity (Wildman–Crippen MR) is 146 cm³/mol. The van der Waals surface area contributed by atoms with Crippen LogP contribution in [0.2, 0.25) is 0 Å². The average molecular weight is 514 g/mol. The molecule has 7 heteroatoms. The van der Waals surface area contributed by atoms with E-state index in [2.05, 4.69) is 46.5 Å². The Bertz CT molecular complexity index is 950. The van der Waals surface area contributed by atoms with Gasteiger partial charge >= 0.3 is 18.0 Å². The van der Waals surface area contributed by atoms with Crippen LogP contribution in [0.1, 0.15) is 66.9 Å². The third kappa shape index (κ3) is 13.5. The zero-order valence-corrected chi connectivity index (χ0v) is 23.3. The van der Waals surface area contributed by atoms with Gasteiger partial charge in [-0.25, -0.2) is 4.79 Å². The molecule has 0 bridgehead atoms. The Morgan fingerprint density at radius 3 is 1.89 bits per heavy atom. The largest absolute Gasteiger partial charge is 0.466 e. The SMILES string of the molecule is CCOC(=O)CC.CCOC(=O)[C@@H](C)C[C@@H](Cc1ccc(-c2ccccc2)cc1)NC(=O)OC(C)(C)C. The molecule has 1 N–H and O–H groups in total. The Hall–Kier alpha value is -3.35. The first-order chi connectivity index (χ1) is 17.5. The van der Waals surface area contributed by atoms with E-state index in [4.69, 9.17) is 9.47 Å². The van der Waals surface area contributed by atoms with Crippen LogP contribution in [0.25, 0.3) is 11.1 Å². The quantitative estimate of drug-likeness (QED) is 0.295. The highest BCUT2D eigenvalue weighted by Gasteiger charge is 2.24. The molecule has 0 saturated heterocycles. The fourth-order valence-corrected chi connectivity index (χ4v) is 3.49. The van der Waals surface area contributed by atoms with E-state index in [0.717, 1.165) is 16.7 Å². The van der Waals surface area contributed by atoms with Crippen LogP contribution in [0, 0.1) is 5.92 Å². The number of esters is 2. The van der Waals surface area contributed by atoms with Crippen molar-refractivity contribution in [1.29, 1.82) is 0 Å². The maximum atomic E-state index is 12.3. The molecular weight excluding hydrogens is 470 g/mol. The van der Waals surface area contributed by atoms with Gasteiger partial charge in [0.15, 0.2) is 0 Å². The van der Waals surface area contributed by atoms with Crippen molar-refractivity contribution in [3.63, 3.8) is 0 Å². The molecule has 2 aromatic rings. The second-order valence-corrected chi connectivity index (χ2v) is 9.66. The number of rotatable bonds is 10. The van der Waals surface area contributed by atoms with Crippen molar-refractivity contribution in [3.05, 3.63) is 60.2 Å². The number of hydrogen-bond acceptors (Lipinski definition) is 6. The first-order valence-corrected chi connectivity index (χ1v) is 12.9. The molecule has 0 radical (unpaired) electrons. The lowest BCUT2D eigenvalue weighted by Gasteiger charge is -2.25. The van der Waals surface area contributed by atoms with Crippen molar-refractivity contribution < 1.29 is 28.6 Å².